The summed E-state index contributed by atoms with van der Waals surface area (Å²) in [6, 6.07) is 17.8. The van der Waals surface area contributed by atoms with Crippen LogP contribution in [0.1, 0.15) is 32.0 Å². The molecule has 2 N–H and O–H groups in total. The number of methoxy groups -OCH3 is 2. The van der Waals surface area contributed by atoms with E-state index in [1.807, 2.05) is 26.0 Å². The van der Waals surface area contributed by atoms with E-state index >= 15 is 0 Å². The quantitative estimate of drug-likeness (QED) is 0.406. The van der Waals surface area contributed by atoms with Crippen LogP contribution in [0.4, 0.5) is 11.4 Å². The van der Waals surface area contributed by atoms with Crippen molar-refractivity contribution in [3.63, 3.8) is 0 Å². The molecule has 0 radical (unpaired) electrons. The van der Waals surface area contributed by atoms with Crippen LogP contribution in [0.25, 0.3) is 11.0 Å². The van der Waals surface area contributed by atoms with Gasteiger partial charge < -0.3 is 24.5 Å². The Kier molecular flexibility index (Phi) is 6.04. The van der Waals surface area contributed by atoms with Crippen molar-refractivity contribution < 1.29 is 23.5 Å². The molecule has 0 bridgehead atoms. The van der Waals surface area contributed by atoms with Crippen molar-refractivity contribution in [2.75, 3.05) is 24.9 Å². The Morgan fingerprint density at radius 3 is 2.24 bits per heavy atom. The highest BCUT2D eigenvalue weighted by molar-refractivity contribution is 6.17. The standard InChI is InChI=1S/C26H24N2O5/c1-15-11-16(2)13-17(12-15)25(29)28-23-19-7-5-6-8-21(19)33-24(23)26(30)27-20-10-9-18(31-3)14-22(20)32-4/h5-14H,1-4H3,(H,27,30)(H,28,29). The van der Waals surface area contributed by atoms with E-state index in [1.54, 1.807) is 55.6 Å². The van der Waals surface area contributed by atoms with Crippen molar-refractivity contribution in [1.29, 1.82) is 0 Å². The van der Waals surface area contributed by atoms with Gasteiger partial charge in [0.25, 0.3) is 11.8 Å². The second-order valence-electron chi connectivity index (χ2n) is 7.65. The van der Waals surface area contributed by atoms with E-state index in [0.717, 1.165) is 11.1 Å². The molecule has 0 spiro atoms. The fourth-order valence-electron chi connectivity index (χ4n) is 3.70. The number of carbonyl (C=O) groups excluding carboxylic acids is 2. The molecule has 0 atom stereocenters. The summed E-state index contributed by atoms with van der Waals surface area (Å²) in [6.07, 6.45) is 0. The average molecular weight is 444 g/mol. The Labute approximate surface area is 191 Å². The smallest absolute Gasteiger partial charge is 0.293 e. The van der Waals surface area contributed by atoms with E-state index in [0.29, 0.717) is 39.4 Å². The van der Waals surface area contributed by atoms with E-state index in [1.165, 1.54) is 7.11 Å². The highest BCUT2D eigenvalue weighted by Gasteiger charge is 2.24. The van der Waals surface area contributed by atoms with Crippen LogP contribution in [0.3, 0.4) is 0 Å². The largest absolute Gasteiger partial charge is 0.497 e. The summed E-state index contributed by atoms with van der Waals surface area (Å²) in [5.74, 6) is 0.163. The van der Waals surface area contributed by atoms with Gasteiger partial charge in [-0.1, -0.05) is 29.3 Å². The fraction of sp³-hybridized carbons (Fsp3) is 0.154. The number of furan rings is 1. The summed E-state index contributed by atoms with van der Waals surface area (Å²) in [7, 11) is 3.05. The van der Waals surface area contributed by atoms with Gasteiger partial charge in [-0.05, 0) is 50.2 Å². The summed E-state index contributed by atoms with van der Waals surface area (Å²) in [5, 5.41) is 6.30. The highest BCUT2D eigenvalue weighted by Crippen LogP contribution is 2.34. The molecule has 0 aliphatic carbocycles. The molecule has 0 saturated carbocycles. The van der Waals surface area contributed by atoms with Gasteiger partial charge >= 0.3 is 0 Å². The lowest BCUT2D eigenvalue weighted by Crippen LogP contribution is -2.17. The molecular formula is C26H24N2O5. The zero-order chi connectivity index (χ0) is 23.5. The summed E-state index contributed by atoms with van der Waals surface area (Å²) in [5.41, 5.74) is 3.68. The number of fused-ring (bicyclic) bond motifs is 1. The molecule has 7 nitrogen and oxygen atoms in total. The third kappa shape index (κ3) is 4.52. The second kappa shape index (κ2) is 9.08. The number of para-hydroxylation sites is 1. The SMILES string of the molecule is COc1ccc(NC(=O)c2oc3ccccc3c2NC(=O)c2cc(C)cc(C)c2)c(OC)c1. The van der Waals surface area contributed by atoms with Crippen molar-refractivity contribution in [3.05, 3.63) is 83.1 Å². The van der Waals surface area contributed by atoms with Gasteiger partial charge in [-0.15, -0.1) is 0 Å². The van der Waals surface area contributed by atoms with Crippen LogP contribution in [-0.4, -0.2) is 26.0 Å². The number of anilines is 2. The highest BCUT2D eigenvalue weighted by atomic mass is 16.5. The lowest BCUT2D eigenvalue weighted by molar-refractivity contribution is 0.0999. The number of amides is 2. The van der Waals surface area contributed by atoms with E-state index in [2.05, 4.69) is 10.6 Å². The fourth-order valence-corrected chi connectivity index (χ4v) is 3.70. The third-order valence-electron chi connectivity index (χ3n) is 5.18. The second-order valence-corrected chi connectivity index (χ2v) is 7.65. The molecule has 0 unspecified atom stereocenters. The molecule has 2 amide bonds. The topological polar surface area (TPSA) is 89.8 Å². The summed E-state index contributed by atoms with van der Waals surface area (Å²) in [4.78, 5) is 26.3. The maximum absolute atomic E-state index is 13.2. The molecule has 4 aromatic rings. The van der Waals surface area contributed by atoms with Crippen LogP contribution in [-0.2, 0) is 0 Å². The summed E-state index contributed by atoms with van der Waals surface area (Å²) >= 11 is 0. The molecule has 0 aliphatic heterocycles. The van der Waals surface area contributed by atoms with Gasteiger partial charge in [0.05, 0.1) is 19.9 Å². The number of benzene rings is 3. The predicted molar refractivity (Wildman–Crippen MR) is 128 cm³/mol. The molecule has 33 heavy (non-hydrogen) atoms. The Morgan fingerprint density at radius 2 is 1.55 bits per heavy atom. The van der Waals surface area contributed by atoms with Gasteiger partial charge in [0.1, 0.15) is 22.8 Å². The zero-order valence-electron chi connectivity index (χ0n) is 18.8. The number of hydrogen-bond acceptors (Lipinski definition) is 5. The lowest BCUT2D eigenvalue weighted by atomic mass is 10.1. The van der Waals surface area contributed by atoms with Crippen LogP contribution in [0.15, 0.2) is 65.1 Å². The first-order valence-electron chi connectivity index (χ1n) is 10.3. The number of hydrogen-bond donors (Lipinski definition) is 2. The van der Waals surface area contributed by atoms with Gasteiger partial charge in [-0.3, -0.25) is 9.59 Å². The first-order chi connectivity index (χ1) is 15.9. The van der Waals surface area contributed by atoms with Crippen LogP contribution >= 0.6 is 0 Å². The van der Waals surface area contributed by atoms with Gasteiger partial charge in [0, 0.05) is 17.0 Å². The molecule has 0 saturated heterocycles. The molecule has 0 aliphatic rings. The van der Waals surface area contributed by atoms with Crippen molar-refractivity contribution in [1.82, 2.24) is 0 Å². The summed E-state index contributed by atoms with van der Waals surface area (Å²) < 4.78 is 16.4. The Morgan fingerprint density at radius 1 is 0.818 bits per heavy atom. The van der Waals surface area contributed by atoms with Gasteiger partial charge in [0.2, 0.25) is 5.76 Å². The lowest BCUT2D eigenvalue weighted by Gasteiger charge is -2.12. The number of ether oxygens (including phenoxy) is 2. The normalized spacial score (nSPS) is 10.7. The Hall–Kier alpha value is -4.26. The monoisotopic (exact) mass is 444 g/mol. The predicted octanol–water partition coefficient (Wildman–Crippen LogP) is 5.57. The number of carbonyl (C=O) groups is 2. The van der Waals surface area contributed by atoms with Crippen molar-refractivity contribution >= 4 is 34.2 Å². The minimum absolute atomic E-state index is 0.00760. The van der Waals surface area contributed by atoms with E-state index < -0.39 is 5.91 Å². The van der Waals surface area contributed by atoms with Crippen LogP contribution in [0, 0.1) is 13.8 Å². The van der Waals surface area contributed by atoms with E-state index in [4.69, 9.17) is 13.9 Å². The van der Waals surface area contributed by atoms with Crippen molar-refractivity contribution in [3.8, 4) is 11.5 Å². The van der Waals surface area contributed by atoms with Gasteiger partial charge in [-0.2, -0.15) is 0 Å². The first kappa shape index (κ1) is 22.0. The molecular weight excluding hydrogens is 420 g/mol. The minimum Gasteiger partial charge on any atom is -0.497 e. The Balaban J connectivity index is 1.70. The zero-order valence-corrected chi connectivity index (χ0v) is 18.8. The molecule has 3 aromatic carbocycles. The number of nitrogens with one attached hydrogen (secondary N) is 2. The molecule has 7 heteroatoms. The average Bonchev–Trinajstić information content (AvgIpc) is 3.17. The van der Waals surface area contributed by atoms with Gasteiger partial charge in [-0.25, -0.2) is 0 Å². The van der Waals surface area contributed by atoms with Crippen LogP contribution in [0.2, 0.25) is 0 Å². The minimum atomic E-state index is -0.523. The number of aryl methyl sites for hydroxylation is 2. The third-order valence-corrected chi connectivity index (χ3v) is 5.18. The molecule has 168 valence electrons. The van der Waals surface area contributed by atoms with E-state index in [9.17, 15) is 9.59 Å². The molecule has 1 aromatic heterocycles. The maximum Gasteiger partial charge on any atom is 0.293 e. The molecule has 4 rings (SSSR count). The molecule has 0 fully saturated rings. The van der Waals surface area contributed by atoms with Gasteiger partial charge in [0.15, 0.2) is 0 Å². The first-order valence-corrected chi connectivity index (χ1v) is 10.3. The van der Waals surface area contributed by atoms with Crippen molar-refractivity contribution in [2.45, 2.75) is 13.8 Å². The Bertz CT molecular complexity index is 1340. The van der Waals surface area contributed by atoms with E-state index in [-0.39, 0.29) is 11.7 Å². The van der Waals surface area contributed by atoms with Crippen molar-refractivity contribution in [2.24, 2.45) is 0 Å². The maximum atomic E-state index is 13.2. The van der Waals surface area contributed by atoms with Crippen LogP contribution in [0.5, 0.6) is 11.5 Å². The van der Waals surface area contributed by atoms with Crippen LogP contribution < -0.4 is 20.1 Å². The number of rotatable bonds is 6. The summed E-state index contributed by atoms with van der Waals surface area (Å²) in [6.45, 7) is 3.86. The molecule has 1 heterocycles.